The standard InChI is InChI=1S/C21H20N2O3/c1-25-19-10-8-14(11-20(19)26-2)17-12-18(23-22-17)16-9-7-13-5-3-4-6-15(13)21(16)24/h3-11,17,22,24H,12H2,1-2H3/t17-/m0/s1. The van der Waals surface area contributed by atoms with E-state index in [-0.39, 0.29) is 11.8 Å². The predicted octanol–water partition coefficient (Wildman–Crippen LogP) is 4.00. The lowest BCUT2D eigenvalue weighted by molar-refractivity contribution is 0.354. The van der Waals surface area contributed by atoms with Crippen LogP contribution in [-0.4, -0.2) is 25.0 Å². The molecular formula is C21H20N2O3. The Morgan fingerprint density at radius 3 is 2.62 bits per heavy atom. The number of rotatable bonds is 4. The third kappa shape index (κ3) is 2.71. The summed E-state index contributed by atoms with van der Waals surface area (Å²) in [5.41, 5.74) is 5.83. The quantitative estimate of drug-likeness (QED) is 0.748. The molecular weight excluding hydrogens is 328 g/mol. The highest BCUT2D eigenvalue weighted by molar-refractivity contribution is 6.08. The van der Waals surface area contributed by atoms with Crippen molar-refractivity contribution >= 4 is 16.5 Å². The van der Waals surface area contributed by atoms with Gasteiger partial charge >= 0.3 is 0 Å². The Morgan fingerprint density at radius 1 is 1.00 bits per heavy atom. The van der Waals surface area contributed by atoms with Gasteiger partial charge < -0.3 is 20.0 Å². The normalized spacial score (nSPS) is 16.2. The van der Waals surface area contributed by atoms with E-state index in [2.05, 4.69) is 10.5 Å². The number of fused-ring (bicyclic) bond motifs is 1. The summed E-state index contributed by atoms with van der Waals surface area (Å²) in [4.78, 5) is 0. The Labute approximate surface area is 151 Å². The Kier molecular flexibility index (Phi) is 4.13. The molecule has 0 aliphatic carbocycles. The maximum absolute atomic E-state index is 10.7. The fraction of sp³-hybridized carbons (Fsp3) is 0.190. The van der Waals surface area contributed by atoms with Gasteiger partial charge in [-0.15, -0.1) is 0 Å². The molecule has 2 N–H and O–H groups in total. The summed E-state index contributed by atoms with van der Waals surface area (Å²) in [7, 11) is 3.24. The summed E-state index contributed by atoms with van der Waals surface area (Å²) in [6.45, 7) is 0. The third-order valence-corrected chi connectivity index (χ3v) is 4.77. The van der Waals surface area contributed by atoms with E-state index in [0.29, 0.717) is 17.9 Å². The number of hydrogen-bond acceptors (Lipinski definition) is 5. The lowest BCUT2D eigenvalue weighted by atomic mass is 9.96. The van der Waals surface area contributed by atoms with Gasteiger partial charge in [0.25, 0.3) is 0 Å². The minimum Gasteiger partial charge on any atom is -0.507 e. The van der Waals surface area contributed by atoms with Crippen LogP contribution in [0.4, 0.5) is 0 Å². The van der Waals surface area contributed by atoms with E-state index < -0.39 is 0 Å². The molecule has 5 heteroatoms. The van der Waals surface area contributed by atoms with Gasteiger partial charge in [-0.25, -0.2) is 0 Å². The van der Waals surface area contributed by atoms with Crippen LogP contribution in [0.25, 0.3) is 10.8 Å². The first-order valence-electron chi connectivity index (χ1n) is 8.46. The van der Waals surface area contributed by atoms with Crippen LogP contribution in [0.3, 0.4) is 0 Å². The van der Waals surface area contributed by atoms with Gasteiger partial charge in [0.2, 0.25) is 0 Å². The molecule has 132 valence electrons. The van der Waals surface area contributed by atoms with Crippen molar-refractivity contribution in [2.45, 2.75) is 12.5 Å². The lowest BCUT2D eigenvalue weighted by Gasteiger charge is -2.14. The fourth-order valence-electron chi connectivity index (χ4n) is 3.36. The van der Waals surface area contributed by atoms with Crippen molar-refractivity contribution in [3.63, 3.8) is 0 Å². The zero-order chi connectivity index (χ0) is 18.1. The van der Waals surface area contributed by atoms with Crippen molar-refractivity contribution in [3.05, 3.63) is 65.7 Å². The molecule has 4 rings (SSSR count). The van der Waals surface area contributed by atoms with Gasteiger partial charge in [-0.2, -0.15) is 5.10 Å². The molecule has 1 aliphatic heterocycles. The Bertz CT molecular complexity index is 998. The zero-order valence-corrected chi connectivity index (χ0v) is 14.7. The molecule has 5 nitrogen and oxygen atoms in total. The summed E-state index contributed by atoms with van der Waals surface area (Å²) < 4.78 is 10.7. The second kappa shape index (κ2) is 6.59. The summed E-state index contributed by atoms with van der Waals surface area (Å²) in [6.07, 6.45) is 0.682. The van der Waals surface area contributed by atoms with Crippen LogP contribution in [0.1, 0.15) is 23.6 Å². The molecule has 0 saturated carbocycles. The molecule has 1 aliphatic rings. The first-order chi connectivity index (χ1) is 12.7. The second-order valence-electron chi connectivity index (χ2n) is 6.24. The zero-order valence-electron chi connectivity index (χ0n) is 14.7. The molecule has 0 amide bonds. The topological polar surface area (TPSA) is 63.1 Å². The Balaban J connectivity index is 1.62. The number of ether oxygens (including phenoxy) is 2. The summed E-state index contributed by atoms with van der Waals surface area (Å²) >= 11 is 0. The van der Waals surface area contributed by atoms with E-state index >= 15 is 0 Å². The summed E-state index contributed by atoms with van der Waals surface area (Å²) in [5.74, 6) is 1.66. The minimum atomic E-state index is 0.0238. The molecule has 0 saturated heterocycles. The van der Waals surface area contributed by atoms with Crippen molar-refractivity contribution in [2.24, 2.45) is 5.10 Å². The molecule has 0 bridgehead atoms. The van der Waals surface area contributed by atoms with E-state index in [4.69, 9.17) is 9.47 Å². The lowest BCUT2D eigenvalue weighted by Crippen LogP contribution is -2.10. The van der Waals surface area contributed by atoms with Crippen molar-refractivity contribution in [3.8, 4) is 17.2 Å². The number of aromatic hydroxyl groups is 1. The highest BCUT2D eigenvalue weighted by Gasteiger charge is 2.24. The van der Waals surface area contributed by atoms with Gasteiger partial charge in [-0.1, -0.05) is 36.4 Å². The fourth-order valence-corrected chi connectivity index (χ4v) is 3.36. The van der Waals surface area contributed by atoms with E-state index in [0.717, 1.165) is 27.6 Å². The number of hydrogen-bond donors (Lipinski definition) is 2. The predicted molar refractivity (Wildman–Crippen MR) is 102 cm³/mol. The number of benzene rings is 3. The van der Waals surface area contributed by atoms with Crippen LogP contribution in [-0.2, 0) is 0 Å². The van der Waals surface area contributed by atoms with Crippen molar-refractivity contribution in [2.75, 3.05) is 14.2 Å². The highest BCUT2D eigenvalue weighted by atomic mass is 16.5. The van der Waals surface area contributed by atoms with E-state index in [1.807, 2.05) is 54.6 Å². The first-order valence-corrected chi connectivity index (χ1v) is 8.46. The average Bonchev–Trinajstić information content (AvgIpc) is 3.18. The van der Waals surface area contributed by atoms with Gasteiger partial charge in [0.1, 0.15) is 5.75 Å². The largest absolute Gasteiger partial charge is 0.507 e. The van der Waals surface area contributed by atoms with Gasteiger partial charge in [-0.05, 0) is 29.1 Å². The molecule has 0 fully saturated rings. The number of nitrogens with zero attached hydrogens (tertiary/aromatic N) is 1. The monoisotopic (exact) mass is 348 g/mol. The molecule has 3 aromatic carbocycles. The molecule has 0 radical (unpaired) electrons. The first kappa shape index (κ1) is 16.3. The van der Waals surface area contributed by atoms with Crippen LogP contribution in [0.15, 0.2) is 59.7 Å². The SMILES string of the molecule is COc1ccc([C@@H]2CC(c3ccc4ccccc4c3O)=NN2)cc1OC. The molecule has 0 spiro atoms. The van der Waals surface area contributed by atoms with Gasteiger partial charge in [0.15, 0.2) is 11.5 Å². The van der Waals surface area contributed by atoms with Crippen LogP contribution >= 0.6 is 0 Å². The number of phenolic OH excluding ortho intramolecular Hbond substituents is 1. The molecule has 0 aromatic heterocycles. The third-order valence-electron chi connectivity index (χ3n) is 4.77. The second-order valence-corrected chi connectivity index (χ2v) is 6.24. The van der Waals surface area contributed by atoms with Crippen LogP contribution < -0.4 is 14.9 Å². The van der Waals surface area contributed by atoms with Crippen LogP contribution in [0.5, 0.6) is 17.2 Å². The van der Waals surface area contributed by atoms with E-state index in [1.54, 1.807) is 14.2 Å². The number of methoxy groups -OCH3 is 2. The molecule has 0 unspecified atom stereocenters. The minimum absolute atomic E-state index is 0.0238. The van der Waals surface area contributed by atoms with Gasteiger partial charge in [-0.3, -0.25) is 0 Å². The number of phenols is 1. The van der Waals surface area contributed by atoms with E-state index in [9.17, 15) is 5.11 Å². The van der Waals surface area contributed by atoms with Crippen LogP contribution in [0, 0.1) is 0 Å². The molecule has 26 heavy (non-hydrogen) atoms. The van der Waals surface area contributed by atoms with Gasteiger partial charge in [0.05, 0.1) is 26.0 Å². The maximum Gasteiger partial charge on any atom is 0.161 e. The summed E-state index contributed by atoms with van der Waals surface area (Å²) in [5, 5.41) is 17.0. The molecule has 1 heterocycles. The Hall–Kier alpha value is -3.21. The number of hydrazone groups is 1. The van der Waals surface area contributed by atoms with Crippen molar-refractivity contribution < 1.29 is 14.6 Å². The molecule has 1 atom stereocenters. The average molecular weight is 348 g/mol. The van der Waals surface area contributed by atoms with Crippen molar-refractivity contribution in [1.82, 2.24) is 5.43 Å². The smallest absolute Gasteiger partial charge is 0.161 e. The van der Waals surface area contributed by atoms with E-state index in [1.165, 1.54) is 0 Å². The Morgan fingerprint density at radius 2 is 1.81 bits per heavy atom. The van der Waals surface area contributed by atoms with Crippen molar-refractivity contribution in [1.29, 1.82) is 0 Å². The highest BCUT2D eigenvalue weighted by Crippen LogP contribution is 2.35. The van der Waals surface area contributed by atoms with Crippen LogP contribution in [0.2, 0.25) is 0 Å². The number of nitrogens with one attached hydrogen (secondary N) is 1. The van der Waals surface area contributed by atoms with Gasteiger partial charge in [0, 0.05) is 17.4 Å². The maximum atomic E-state index is 10.7. The summed E-state index contributed by atoms with van der Waals surface area (Å²) in [6, 6.07) is 17.6. The molecule has 3 aromatic rings.